The van der Waals surface area contributed by atoms with Crippen LogP contribution in [0.3, 0.4) is 0 Å². The van der Waals surface area contributed by atoms with Crippen LogP contribution in [0.4, 0.5) is 0 Å². The van der Waals surface area contributed by atoms with Crippen LogP contribution in [-0.2, 0) is 0 Å². The third-order valence-corrected chi connectivity index (χ3v) is 7.00. The molecule has 22 heavy (non-hydrogen) atoms. The SMILES string of the molecule is CC(c1ccc([C@@H]2CC23CC3)o1)c1ccc([C@@H]2CC23CC3)o1. The number of rotatable bonds is 4. The first-order valence-corrected chi connectivity index (χ1v) is 8.89. The van der Waals surface area contributed by atoms with Crippen LogP contribution in [0.25, 0.3) is 0 Å². The molecule has 0 aromatic carbocycles. The fourth-order valence-corrected chi connectivity index (χ4v) is 4.64. The maximum absolute atomic E-state index is 6.18. The first-order valence-electron chi connectivity index (χ1n) is 8.89. The van der Waals surface area contributed by atoms with Gasteiger partial charge in [0.15, 0.2) is 0 Å². The molecule has 2 aromatic rings. The first-order chi connectivity index (χ1) is 10.7. The molecule has 0 radical (unpaired) electrons. The molecule has 0 bridgehead atoms. The van der Waals surface area contributed by atoms with Gasteiger partial charge in [0.05, 0.1) is 5.92 Å². The third kappa shape index (κ3) is 1.56. The minimum Gasteiger partial charge on any atom is -0.465 e. The minimum absolute atomic E-state index is 0.227. The Morgan fingerprint density at radius 2 is 1.27 bits per heavy atom. The molecule has 0 unspecified atom stereocenters. The average Bonchev–Trinajstić information content (AvgIpc) is 3.52. The second kappa shape index (κ2) is 3.55. The van der Waals surface area contributed by atoms with E-state index in [1.807, 2.05) is 0 Å². The molecule has 0 N–H and O–H groups in total. The molecule has 4 fully saturated rings. The maximum Gasteiger partial charge on any atom is 0.114 e. The molecular weight excluding hydrogens is 272 g/mol. The van der Waals surface area contributed by atoms with E-state index in [1.165, 1.54) is 50.0 Å². The standard InChI is InChI=1S/C20H22O2/c1-12(15-2-4-17(21-15)13-10-19(13)6-7-19)16-3-5-18(22-16)14-11-20(14)8-9-20/h2-5,12-14H,6-11H2,1H3/t13-,14-/m0/s1. The van der Waals surface area contributed by atoms with Crippen LogP contribution in [0.2, 0.25) is 0 Å². The van der Waals surface area contributed by atoms with Crippen LogP contribution in [0, 0.1) is 10.8 Å². The lowest BCUT2D eigenvalue weighted by atomic mass is 10.1. The van der Waals surface area contributed by atoms with Gasteiger partial charge in [-0.25, -0.2) is 0 Å². The van der Waals surface area contributed by atoms with Crippen molar-refractivity contribution in [2.45, 2.75) is 63.2 Å². The molecule has 114 valence electrons. The molecule has 2 atom stereocenters. The van der Waals surface area contributed by atoms with Gasteiger partial charge in [-0.1, -0.05) is 0 Å². The molecule has 2 nitrogen and oxygen atoms in total. The van der Waals surface area contributed by atoms with Crippen LogP contribution < -0.4 is 0 Å². The highest BCUT2D eigenvalue weighted by molar-refractivity contribution is 5.32. The first kappa shape index (κ1) is 12.0. The predicted molar refractivity (Wildman–Crippen MR) is 83.0 cm³/mol. The Balaban J connectivity index is 1.23. The summed E-state index contributed by atoms with van der Waals surface area (Å²) in [6.45, 7) is 2.20. The summed E-state index contributed by atoms with van der Waals surface area (Å²) >= 11 is 0. The Hall–Kier alpha value is -1.44. The quantitative estimate of drug-likeness (QED) is 0.738. The average molecular weight is 294 g/mol. The molecular formula is C20H22O2. The van der Waals surface area contributed by atoms with Crippen molar-refractivity contribution >= 4 is 0 Å². The lowest BCUT2D eigenvalue weighted by molar-refractivity contribution is 0.401. The molecule has 4 saturated carbocycles. The van der Waals surface area contributed by atoms with Gasteiger partial charge >= 0.3 is 0 Å². The molecule has 4 aliphatic carbocycles. The molecule has 0 amide bonds. The Labute approximate surface area is 130 Å². The topological polar surface area (TPSA) is 26.3 Å². The summed E-state index contributed by atoms with van der Waals surface area (Å²) in [5.74, 6) is 6.20. The van der Waals surface area contributed by atoms with Gasteiger partial charge in [-0.3, -0.25) is 0 Å². The fourth-order valence-electron chi connectivity index (χ4n) is 4.64. The summed E-state index contributed by atoms with van der Waals surface area (Å²) in [4.78, 5) is 0. The molecule has 2 heteroatoms. The molecule has 2 heterocycles. The van der Waals surface area contributed by atoms with E-state index >= 15 is 0 Å². The van der Waals surface area contributed by atoms with Gasteiger partial charge in [-0.2, -0.15) is 0 Å². The number of hydrogen-bond acceptors (Lipinski definition) is 2. The van der Waals surface area contributed by atoms with Gasteiger partial charge in [-0.05, 0) is 80.5 Å². The molecule has 6 rings (SSSR count). The summed E-state index contributed by atoms with van der Waals surface area (Å²) in [5.41, 5.74) is 1.33. The molecule has 0 saturated heterocycles. The van der Waals surface area contributed by atoms with E-state index < -0.39 is 0 Å². The zero-order valence-corrected chi connectivity index (χ0v) is 13.1. The van der Waals surface area contributed by atoms with E-state index in [9.17, 15) is 0 Å². The Morgan fingerprint density at radius 3 is 1.64 bits per heavy atom. The highest BCUT2D eigenvalue weighted by Crippen LogP contribution is 2.75. The summed E-state index contributed by atoms with van der Waals surface area (Å²) in [7, 11) is 0. The van der Waals surface area contributed by atoms with Crippen LogP contribution in [0.5, 0.6) is 0 Å². The van der Waals surface area contributed by atoms with Crippen molar-refractivity contribution in [3.63, 3.8) is 0 Å². The molecule has 2 aromatic heterocycles. The van der Waals surface area contributed by atoms with Gasteiger partial charge in [0.25, 0.3) is 0 Å². The Bertz CT molecular complexity index is 692. The summed E-state index contributed by atoms with van der Waals surface area (Å²) in [5, 5.41) is 0. The van der Waals surface area contributed by atoms with Gasteiger partial charge < -0.3 is 8.83 Å². The lowest BCUT2D eigenvalue weighted by Gasteiger charge is -2.05. The summed E-state index contributed by atoms with van der Waals surface area (Å²) in [6, 6.07) is 8.73. The predicted octanol–water partition coefficient (Wildman–Crippen LogP) is 5.56. The molecule has 4 aliphatic rings. The fraction of sp³-hybridized carbons (Fsp3) is 0.600. The second-order valence-corrected chi connectivity index (χ2v) is 8.44. The van der Waals surface area contributed by atoms with E-state index in [0.717, 1.165) is 11.5 Å². The minimum atomic E-state index is 0.227. The van der Waals surface area contributed by atoms with Crippen LogP contribution in [0.15, 0.2) is 33.1 Å². The van der Waals surface area contributed by atoms with E-state index in [1.54, 1.807) is 0 Å². The Kier molecular flexibility index (Phi) is 1.94. The monoisotopic (exact) mass is 294 g/mol. The third-order valence-electron chi connectivity index (χ3n) is 7.00. The van der Waals surface area contributed by atoms with Crippen LogP contribution in [-0.4, -0.2) is 0 Å². The second-order valence-electron chi connectivity index (χ2n) is 8.44. The normalized spacial score (nSPS) is 31.9. The van der Waals surface area contributed by atoms with Crippen LogP contribution >= 0.6 is 0 Å². The Morgan fingerprint density at radius 1 is 0.818 bits per heavy atom. The number of hydrogen-bond donors (Lipinski definition) is 0. The van der Waals surface area contributed by atoms with Crippen molar-refractivity contribution in [1.29, 1.82) is 0 Å². The number of furan rings is 2. The van der Waals surface area contributed by atoms with Gasteiger partial charge in [0.1, 0.15) is 23.0 Å². The van der Waals surface area contributed by atoms with Crippen molar-refractivity contribution in [2.75, 3.05) is 0 Å². The van der Waals surface area contributed by atoms with Gasteiger partial charge in [-0.15, -0.1) is 0 Å². The van der Waals surface area contributed by atoms with Crippen molar-refractivity contribution in [2.24, 2.45) is 10.8 Å². The molecule has 0 aliphatic heterocycles. The van der Waals surface area contributed by atoms with Gasteiger partial charge in [0, 0.05) is 11.8 Å². The van der Waals surface area contributed by atoms with E-state index in [2.05, 4.69) is 31.2 Å². The van der Waals surface area contributed by atoms with Crippen molar-refractivity contribution < 1.29 is 8.83 Å². The van der Waals surface area contributed by atoms with E-state index in [-0.39, 0.29) is 5.92 Å². The van der Waals surface area contributed by atoms with Crippen molar-refractivity contribution in [3.05, 3.63) is 47.3 Å². The highest BCUT2D eigenvalue weighted by Gasteiger charge is 2.65. The largest absolute Gasteiger partial charge is 0.465 e. The van der Waals surface area contributed by atoms with Crippen LogP contribution in [0.1, 0.15) is 86.2 Å². The lowest BCUT2D eigenvalue weighted by Crippen LogP contribution is -1.91. The highest BCUT2D eigenvalue weighted by atomic mass is 16.4. The van der Waals surface area contributed by atoms with E-state index in [0.29, 0.717) is 22.7 Å². The molecule has 2 spiro atoms. The smallest absolute Gasteiger partial charge is 0.114 e. The van der Waals surface area contributed by atoms with Crippen molar-refractivity contribution in [1.82, 2.24) is 0 Å². The summed E-state index contributed by atoms with van der Waals surface area (Å²) in [6.07, 6.45) is 8.34. The van der Waals surface area contributed by atoms with Crippen molar-refractivity contribution in [3.8, 4) is 0 Å². The zero-order chi connectivity index (χ0) is 14.5. The van der Waals surface area contributed by atoms with Gasteiger partial charge in [0.2, 0.25) is 0 Å². The maximum atomic E-state index is 6.18. The van der Waals surface area contributed by atoms with E-state index in [4.69, 9.17) is 8.83 Å². The zero-order valence-electron chi connectivity index (χ0n) is 13.1. The summed E-state index contributed by atoms with van der Waals surface area (Å²) < 4.78 is 12.4.